The average Bonchev–Trinajstić information content (AvgIpc) is 2.25. The second kappa shape index (κ2) is 11.8. The Morgan fingerprint density at radius 3 is 2.20 bits per heavy atom. The summed E-state index contributed by atoms with van der Waals surface area (Å²) in [5.41, 5.74) is 1.44. The van der Waals surface area contributed by atoms with Gasteiger partial charge in [0.1, 0.15) is 0 Å². The number of hydrogen-bond acceptors (Lipinski definition) is 1. The molecule has 0 aliphatic rings. The fourth-order valence-electron chi connectivity index (χ4n) is 1.77. The molecule has 0 radical (unpaired) electrons. The zero-order valence-electron chi connectivity index (χ0n) is 10.6. The third-order valence-corrected chi connectivity index (χ3v) is 2.80. The van der Waals surface area contributed by atoms with Crippen LogP contribution in [0.25, 0.3) is 0 Å². The number of unbranched alkanes of at least 4 members (excludes halogenated alkanes) is 6. The maximum atomic E-state index is 8.66. The average molecular weight is 212 g/mol. The lowest BCUT2D eigenvalue weighted by Crippen LogP contribution is -1.84. The van der Waals surface area contributed by atoms with Gasteiger partial charge in [-0.3, -0.25) is 0 Å². The van der Waals surface area contributed by atoms with Crippen LogP contribution in [-0.4, -0.2) is 11.7 Å². The summed E-state index contributed by atoms with van der Waals surface area (Å²) >= 11 is 0. The molecule has 0 atom stereocenters. The van der Waals surface area contributed by atoms with Gasteiger partial charge in [0.2, 0.25) is 0 Å². The van der Waals surface area contributed by atoms with Crippen LogP contribution in [0.2, 0.25) is 0 Å². The summed E-state index contributed by atoms with van der Waals surface area (Å²) in [7, 11) is 0. The van der Waals surface area contributed by atoms with Crippen LogP contribution >= 0.6 is 0 Å². The molecule has 0 aliphatic heterocycles. The van der Waals surface area contributed by atoms with Crippen molar-refractivity contribution in [2.24, 2.45) is 0 Å². The van der Waals surface area contributed by atoms with Crippen molar-refractivity contribution < 1.29 is 5.11 Å². The van der Waals surface area contributed by atoms with Crippen molar-refractivity contribution in [3.63, 3.8) is 0 Å². The molecular formula is C14H28O. The first kappa shape index (κ1) is 14.7. The molecule has 1 nitrogen and oxygen atoms in total. The van der Waals surface area contributed by atoms with Gasteiger partial charge in [0.05, 0.1) is 0 Å². The van der Waals surface area contributed by atoms with E-state index in [0.29, 0.717) is 0 Å². The second-order valence-electron chi connectivity index (χ2n) is 4.43. The Labute approximate surface area is 95.6 Å². The first-order chi connectivity index (χ1) is 7.31. The predicted molar refractivity (Wildman–Crippen MR) is 68.1 cm³/mol. The predicted octanol–water partition coefficient (Wildman–Crippen LogP) is 4.46. The van der Waals surface area contributed by atoms with Gasteiger partial charge in [-0.15, -0.1) is 0 Å². The number of hydrogen-bond donors (Lipinski definition) is 1. The Bertz CT molecular complexity index is 149. The minimum atomic E-state index is 0.286. The van der Waals surface area contributed by atoms with Crippen LogP contribution in [0, 0.1) is 0 Å². The highest BCUT2D eigenvalue weighted by Crippen LogP contribution is 2.12. The molecule has 90 valence electrons. The van der Waals surface area contributed by atoms with Crippen LogP contribution in [0.4, 0.5) is 0 Å². The summed E-state index contributed by atoms with van der Waals surface area (Å²) in [5.74, 6) is 0. The van der Waals surface area contributed by atoms with Crippen molar-refractivity contribution in [2.75, 3.05) is 6.61 Å². The molecule has 0 fully saturated rings. The third kappa shape index (κ3) is 11.6. The quantitative estimate of drug-likeness (QED) is 0.419. The van der Waals surface area contributed by atoms with Crippen LogP contribution in [0.5, 0.6) is 0 Å². The highest BCUT2D eigenvalue weighted by Gasteiger charge is 1.92. The van der Waals surface area contributed by atoms with Gasteiger partial charge in [-0.25, -0.2) is 0 Å². The Kier molecular flexibility index (Phi) is 11.5. The summed E-state index contributed by atoms with van der Waals surface area (Å²) in [5, 5.41) is 8.66. The van der Waals surface area contributed by atoms with Gasteiger partial charge in [0, 0.05) is 6.61 Å². The van der Waals surface area contributed by atoms with E-state index in [1.54, 1.807) is 0 Å². The van der Waals surface area contributed by atoms with Gasteiger partial charge in [-0.05, 0) is 26.2 Å². The van der Waals surface area contributed by atoms with Gasteiger partial charge >= 0.3 is 0 Å². The molecular weight excluding hydrogens is 184 g/mol. The van der Waals surface area contributed by atoms with E-state index in [4.69, 9.17) is 5.11 Å². The van der Waals surface area contributed by atoms with E-state index in [0.717, 1.165) is 6.42 Å². The second-order valence-corrected chi connectivity index (χ2v) is 4.43. The zero-order valence-corrected chi connectivity index (χ0v) is 10.6. The Balaban J connectivity index is 3.16. The van der Waals surface area contributed by atoms with E-state index >= 15 is 0 Å². The van der Waals surface area contributed by atoms with Crippen molar-refractivity contribution in [2.45, 2.75) is 71.6 Å². The molecule has 0 amide bonds. The molecule has 0 aromatic carbocycles. The molecule has 0 rings (SSSR count). The van der Waals surface area contributed by atoms with Crippen LogP contribution < -0.4 is 0 Å². The fourth-order valence-corrected chi connectivity index (χ4v) is 1.77. The summed E-state index contributed by atoms with van der Waals surface area (Å²) in [6.45, 7) is 4.72. The normalized spacial score (nSPS) is 12.1. The molecule has 0 aromatic heterocycles. The molecule has 1 N–H and O–H groups in total. The highest BCUT2D eigenvalue weighted by atomic mass is 16.2. The lowest BCUT2D eigenvalue weighted by Gasteiger charge is -2.02. The van der Waals surface area contributed by atoms with E-state index in [1.165, 1.54) is 56.9 Å². The third-order valence-electron chi connectivity index (χ3n) is 2.80. The zero-order chi connectivity index (χ0) is 11.4. The Hall–Kier alpha value is -0.300. The van der Waals surface area contributed by atoms with E-state index in [1.807, 2.05) is 0 Å². The highest BCUT2D eigenvalue weighted by molar-refractivity contribution is 4.97. The van der Waals surface area contributed by atoms with Crippen molar-refractivity contribution in [3.05, 3.63) is 11.6 Å². The van der Waals surface area contributed by atoms with Crippen molar-refractivity contribution in [3.8, 4) is 0 Å². The van der Waals surface area contributed by atoms with Gasteiger partial charge in [-0.1, -0.05) is 57.1 Å². The monoisotopic (exact) mass is 212 g/mol. The number of rotatable bonds is 10. The van der Waals surface area contributed by atoms with E-state index in [-0.39, 0.29) is 6.61 Å². The molecule has 0 unspecified atom stereocenters. The van der Waals surface area contributed by atoms with E-state index < -0.39 is 0 Å². The fraction of sp³-hybridized carbons (Fsp3) is 0.857. The maximum absolute atomic E-state index is 8.66. The number of aliphatic hydroxyl groups is 1. The van der Waals surface area contributed by atoms with Gasteiger partial charge in [0.15, 0.2) is 0 Å². The molecule has 0 aliphatic carbocycles. The van der Waals surface area contributed by atoms with Crippen LogP contribution in [-0.2, 0) is 0 Å². The van der Waals surface area contributed by atoms with Crippen molar-refractivity contribution >= 4 is 0 Å². The molecule has 0 bridgehead atoms. The summed E-state index contributed by atoms with van der Waals surface area (Å²) in [6, 6.07) is 0. The lowest BCUT2D eigenvalue weighted by atomic mass is 10.0. The molecule has 15 heavy (non-hydrogen) atoms. The standard InChI is InChI=1S/C14H28O/c1-3-4-5-6-7-8-9-11-14(2)12-10-13-15/h12,15H,3-11,13H2,1-2H3. The topological polar surface area (TPSA) is 20.2 Å². The smallest absolute Gasteiger partial charge is 0.0465 e. The van der Waals surface area contributed by atoms with E-state index in [9.17, 15) is 0 Å². The maximum Gasteiger partial charge on any atom is 0.0465 e. The Morgan fingerprint density at radius 1 is 1.00 bits per heavy atom. The molecule has 0 saturated carbocycles. The molecule has 0 heterocycles. The minimum Gasteiger partial charge on any atom is -0.396 e. The first-order valence-electron chi connectivity index (χ1n) is 6.57. The molecule has 1 heteroatoms. The number of aliphatic hydroxyl groups excluding tert-OH is 1. The van der Waals surface area contributed by atoms with Gasteiger partial charge < -0.3 is 5.11 Å². The van der Waals surface area contributed by atoms with E-state index in [2.05, 4.69) is 19.9 Å². The van der Waals surface area contributed by atoms with Crippen molar-refractivity contribution in [1.82, 2.24) is 0 Å². The summed E-state index contributed by atoms with van der Waals surface area (Å²) in [4.78, 5) is 0. The van der Waals surface area contributed by atoms with Crippen LogP contribution in [0.15, 0.2) is 11.6 Å². The lowest BCUT2D eigenvalue weighted by molar-refractivity contribution is 0.302. The van der Waals surface area contributed by atoms with Gasteiger partial charge in [0.25, 0.3) is 0 Å². The Morgan fingerprint density at radius 2 is 1.60 bits per heavy atom. The van der Waals surface area contributed by atoms with Crippen molar-refractivity contribution in [1.29, 1.82) is 0 Å². The van der Waals surface area contributed by atoms with Crippen LogP contribution in [0.3, 0.4) is 0 Å². The number of allylic oxidation sites excluding steroid dienone is 1. The minimum absolute atomic E-state index is 0.286. The summed E-state index contributed by atoms with van der Waals surface area (Å²) in [6.07, 6.45) is 13.8. The first-order valence-corrected chi connectivity index (χ1v) is 6.57. The molecule has 0 aromatic rings. The van der Waals surface area contributed by atoms with Crippen LogP contribution in [0.1, 0.15) is 71.6 Å². The SMILES string of the molecule is CCCCCCCCCC(C)=CCCO. The van der Waals surface area contributed by atoms with Gasteiger partial charge in [-0.2, -0.15) is 0 Å². The molecule has 0 saturated heterocycles. The largest absolute Gasteiger partial charge is 0.396 e. The summed E-state index contributed by atoms with van der Waals surface area (Å²) < 4.78 is 0. The molecule has 0 spiro atoms.